The first kappa shape index (κ1) is 17.2. The molecule has 0 saturated carbocycles. The Morgan fingerprint density at radius 2 is 2.08 bits per heavy atom. The Morgan fingerprint density at radius 3 is 2.76 bits per heavy atom. The Morgan fingerprint density at radius 1 is 1.24 bits per heavy atom. The van der Waals surface area contributed by atoms with Crippen molar-refractivity contribution in [1.29, 1.82) is 0 Å². The van der Waals surface area contributed by atoms with Crippen LogP contribution in [0.3, 0.4) is 0 Å². The summed E-state index contributed by atoms with van der Waals surface area (Å²) in [5.74, 6) is 0.589. The summed E-state index contributed by atoms with van der Waals surface area (Å²) in [5, 5.41) is 5.56. The first-order valence-electron chi connectivity index (χ1n) is 8.21. The molecule has 0 aliphatic carbocycles. The van der Waals surface area contributed by atoms with Gasteiger partial charge in [0.25, 0.3) is 0 Å². The molecule has 1 aromatic carbocycles. The van der Waals surface area contributed by atoms with Crippen molar-refractivity contribution in [2.45, 2.75) is 25.5 Å². The molecule has 2 N–H and O–H groups in total. The van der Waals surface area contributed by atoms with Crippen LogP contribution in [0.25, 0.3) is 0 Å². The number of pyridine rings is 1. The summed E-state index contributed by atoms with van der Waals surface area (Å²) < 4.78 is 23.8. The zero-order chi connectivity index (χ0) is 17.5. The average Bonchev–Trinajstić information content (AvgIpc) is 3.15. The van der Waals surface area contributed by atoms with Crippen molar-refractivity contribution in [3.63, 3.8) is 0 Å². The summed E-state index contributed by atoms with van der Waals surface area (Å²) >= 11 is 0. The van der Waals surface area contributed by atoms with Gasteiger partial charge < -0.3 is 20.1 Å². The number of hydrogen-bond donors (Lipinski definition) is 2. The number of aromatic nitrogens is 1. The van der Waals surface area contributed by atoms with Crippen LogP contribution in [0.15, 0.2) is 42.6 Å². The standard InChI is InChI=1S/C18H20FN3O3/c19-14-4-6-15(7-5-14)25-17-8-3-13(10-20-17)11-21-18(23)22-12-16-2-1-9-24-16/h3-8,10,16H,1-2,9,11-12H2,(H2,21,22,23)/t16-/m1/s1. The van der Waals surface area contributed by atoms with E-state index in [0.29, 0.717) is 24.7 Å². The second kappa shape index (κ2) is 8.43. The van der Waals surface area contributed by atoms with Gasteiger partial charge in [0.15, 0.2) is 0 Å². The second-order valence-corrected chi connectivity index (χ2v) is 5.76. The third-order valence-electron chi connectivity index (χ3n) is 3.80. The van der Waals surface area contributed by atoms with Crippen LogP contribution in [0.4, 0.5) is 9.18 Å². The van der Waals surface area contributed by atoms with Gasteiger partial charge in [-0.2, -0.15) is 0 Å². The predicted octanol–water partition coefficient (Wildman–Crippen LogP) is 2.99. The molecule has 0 spiro atoms. The van der Waals surface area contributed by atoms with Gasteiger partial charge in [0.05, 0.1) is 6.10 Å². The van der Waals surface area contributed by atoms with Crippen LogP contribution >= 0.6 is 0 Å². The fraction of sp³-hybridized carbons (Fsp3) is 0.333. The molecule has 132 valence electrons. The van der Waals surface area contributed by atoms with Crippen LogP contribution in [0, 0.1) is 5.82 Å². The van der Waals surface area contributed by atoms with Crippen molar-refractivity contribution in [2.24, 2.45) is 0 Å². The van der Waals surface area contributed by atoms with Crippen LogP contribution in [-0.4, -0.2) is 30.3 Å². The summed E-state index contributed by atoms with van der Waals surface area (Å²) in [4.78, 5) is 15.9. The van der Waals surface area contributed by atoms with E-state index in [4.69, 9.17) is 9.47 Å². The molecule has 0 radical (unpaired) electrons. The Balaban J connectivity index is 1.42. The summed E-state index contributed by atoms with van der Waals surface area (Å²) in [6, 6.07) is 8.99. The van der Waals surface area contributed by atoms with Crippen molar-refractivity contribution in [3.8, 4) is 11.6 Å². The number of urea groups is 1. The summed E-state index contributed by atoms with van der Waals surface area (Å²) in [7, 11) is 0. The molecule has 6 nitrogen and oxygen atoms in total. The van der Waals surface area contributed by atoms with E-state index in [1.165, 1.54) is 24.3 Å². The predicted molar refractivity (Wildman–Crippen MR) is 89.9 cm³/mol. The van der Waals surface area contributed by atoms with Crippen molar-refractivity contribution in [3.05, 3.63) is 54.0 Å². The summed E-state index contributed by atoms with van der Waals surface area (Å²) in [6.45, 7) is 1.65. The maximum absolute atomic E-state index is 12.9. The average molecular weight is 345 g/mol. The normalized spacial score (nSPS) is 16.4. The number of benzene rings is 1. The molecule has 1 atom stereocenters. The summed E-state index contributed by atoms with van der Waals surface area (Å²) in [5.41, 5.74) is 0.846. The fourth-order valence-corrected chi connectivity index (χ4v) is 2.46. The van der Waals surface area contributed by atoms with Crippen molar-refractivity contribution in [1.82, 2.24) is 15.6 Å². The minimum absolute atomic E-state index is 0.121. The first-order valence-corrected chi connectivity index (χ1v) is 8.21. The van der Waals surface area contributed by atoms with Gasteiger partial charge in [0, 0.05) is 32.0 Å². The molecule has 0 unspecified atom stereocenters. The SMILES string of the molecule is O=C(NCc1ccc(Oc2ccc(F)cc2)nc1)NC[C@H]1CCCO1. The second-order valence-electron chi connectivity index (χ2n) is 5.76. The molecule has 2 heterocycles. The first-order chi connectivity index (χ1) is 12.2. The van der Waals surface area contributed by atoms with Gasteiger partial charge in [0.1, 0.15) is 11.6 Å². The van der Waals surface area contributed by atoms with Crippen LogP contribution in [0.5, 0.6) is 11.6 Å². The number of ether oxygens (including phenoxy) is 2. The van der Waals surface area contributed by atoms with E-state index in [2.05, 4.69) is 15.6 Å². The number of hydrogen-bond acceptors (Lipinski definition) is 4. The maximum atomic E-state index is 12.9. The molecule has 1 aliphatic heterocycles. The molecule has 1 aromatic heterocycles. The molecule has 1 saturated heterocycles. The minimum atomic E-state index is -0.320. The van der Waals surface area contributed by atoms with E-state index < -0.39 is 0 Å². The van der Waals surface area contributed by atoms with Crippen molar-refractivity contribution >= 4 is 6.03 Å². The van der Waals surface area contributed by atoms with Gasteiger partial charge in [-0.3, -0.25) is 0 Å². The number of carbonyl (C=O) groups excluding carboxylic acids is 1. The molecule has 2 aromatic rings. The molecule has 25 heavy (non-hydrogen) atoms. The van der Waals surface area contributed by atoms with E-state index in [-0.39, 0.29) is 18.0 Å². The summed E-state index contributed by atoms with van der Waals surface area (Å²) in [6.07, 6.45) is 3.78. The molecule has 1 aliphatic rings. The molecular weight excluding hydrogens is 325 g/mol. The highest BCUT2D eigenvalue weighted by molar-refractivity contribution is 5.73. The number of rotatable bonds is 6. The fourth-order valence-electron chi connectivity index (χ4n) is 2.46. The molecule has 1 fully saturated rings. The number of nitrogens with zero attached hydrogens (tertiary/aromatic N) is 1. The van der Waals surface area contributed by atoms with Gasteiger partial charge >= 0.3 is 6.03 Å². The van der Waals surface area contributed by atoms with E-state index >= 15 is 0 Å². The van der Waals surface area contributed by atoms with Gasteiger partial charge in [-0.05, 0) is 42.7 Å². The Hall–Kier alpha value is -2.67. The van der Waals surface area contributed by atoms with E-state index in [1.807, 2.05) is 6.07 Å². The molecule has 3 rings (SSSR count). The lowest BCUT2D eigenvalue weighted by Gasteiger charge is -2.12. The quantitative estimate of drug-likeness (QED) is 0.844. The lowest BCUT2D eigenvalue weighted by molar-refractivity contribution is 0.111. The smallest absolute Gasteiger partial charge is 0.315 e. The zero-order valence-corrected chi connectivity index (χ0v) is 13.7. The van der Waals surface area contributed by atoms with Crippen LogP contribution < -0.4 is 15.4 Å². The number of carbonyl (C=O) groups is 1. The van der Waals surface area contributed by atoms with Gasteiger partial charge in [-0.1, -0.05) is 6.07 Å². The third kappa shape index (κ3) is 5.42. The highest BCUT2D eigenvalue weighted by Crippen LogP contribution is 2.19. The van der Waals surface area contributed by atoms with Crippen molar-refractivity contribution in [2.75, 3.05) is 13.2 Å². The monoisotopic (exact) mass is 345 g/mol. The van der Waals surface area contributed by atoms with E-state index in [1.54, 1.807) is 12.3 Å². The van der Waals surface area contributed by atoms with E-state index in [9.17, 15) is 9.18 Å². The Kier molecular flexibility index (Phi) is 5.79. The number of halogens is 1. The van der Waals surface area contributed by atoms with Gasteiger partial charge in [0.2, 0.25) is 5.88 Å². The van der Waals surface area contributed by atoms with Crippen LogP contribution in [0.1, 0.15) is 18.4 Å². The molecular formula is C18H20FN3O3. The van der Waals surface area contributed by atoms with Crippen molar-refractivity contribution < 1.29 is 18.7 Å². The maximum Gasteiger partial charge on any atom is 0.315 e. The zero-order valence-electron chi connectivity index (χ0n) is 13.7. The van der Waals surface area contributed by atoms with Crippen LogP contribution in [0.2, 0.25) is 0 Å². The van der Waals surface area contributed by atoms with E-state index in [0.717, 1.165) is 25.0 Å². The highest BCUT2D eigenvalue weighted by Gasteiger charge is 2.15. The number of amides is 2. The minimum Gasteiger partial charge on any atom is -0.439 e. The third-order valence-corrected chi connectivity index (χ3v) is 3.80. The lowest BCUT2D eigenvalue weighted by atomic mass is 10.2. The number of nitrogens with one attached hydrogen (secondary N) is 2. The largest absolute Gasteiger partial charge is 0.439 e. The van der Waals surface area contributed by atoms with Gasteiger partial charge in [-0.15, -0.1) is 0 Å². The van der Waals surface area contributed by atoms with Gasteiger partial charge in [-0.25, -0.2) is 14.2 Å². The van der Waals surface area contributed by atoms with Crippen LogP contribution in [-0.2, 0) is 11.3 Å². The molecule has 0 bridgehead atoms. The Bertz CT molecular complexity index is 686. The lowest BCUT2D eigenvalue weighted by Crippen LogP contribution is -2.39. The molecule has 7 heteroatoms. The highest BCUT2D eigenvalue weighted by atomic mass is 19.1. The topological polar surface area (TPSA) is 72.5 Å². The molecule has 2 amide bonds. The Labute approximate surface area is 145 Å².